The van der Waals surface area contributed by atoms with Gasteiger partial charge in [0.05, 0.1) is 22.9 Å². The molecule has 1 aliphatic heterocycles. The Morgan fingerprint density at radius 3 is 2.47 bits per heavy atom. The van der Waals surface area contributed by atoms with Crippen LogP contribution in [0.2, 0.25) is 5.02 Å². The van der Waals surface area contributed by atoms with E-state index >= 15 is 0 Å². The van der Waals surface area contributed by atoms with Crippen LogP contribution in [0.25, 0.3) is 0 Å². The minimum Gasteiger partial charge on any atom is -0.353 e. The zero-order valence-corrected chi connectivity index (χ0v) is 20.9. The van der Waals surface area contributed by atoms with Crippen LogP contribution >= 0.6 is 11.6 Å². The van der Waals surface area contributed by atoms with Crippen molar-refractivity contribution in [2.75, 3.05) is 12.4 Å². The van der Waals surface area contributed by atoms with Crippen molar-refractivity contribution in [3.05, 3.63) is 58.4 Å². The Hall–Kier alpha value is -4.00. The first-order chi connectivity index (χ1) is 17.8. The molecule has 3 atom stereocenters. The Balaban J connectivity index is 1.86. The quantitative estimate of drug-likeness (QED) is 0.369. The fourth-order valence-electron chi connectivity index (χ4n) is 3.92. The summed E-state index contributed by atoms with van der Waals surface area (Å²) in [5.74, 6) is -4.92. The van der Waals surface area contributed by atoms with Gasteiger partial charge in [0.1, 0.15) is 5.69 Å². The third-order valence-electron chi connectivity index (χ3n) is 5.78. The molecule has 14 heteroatoms. The number of hydrogen-bond donors (Lipinski definition) is 4. The van der Waals surface area contributed by atoms with Gasteiger partial charge in [-0.2, -0.15) is 13.2 Å². The fraction of sp³-hybridized carbons (Fsp3) is 0.333. The molecular weight excluding hydrogens is 531 g/mol. The number of hydrogen-bond acceptors (Lipinski definition) is 6. The number of nitrogens with one attached hydrogen (secondary N) is 4. The number of likely N-dealkylation sites (N-methyl/N-ethyl adjacent to an activating group) is 1. The number of alkyl halides is 3. The van der Waals surface area contributed by atoms with Crippen LogP contribution in [0.4, 0.5) is 18.9 Å². The maximum atomic E-state index is 13.2. The number of carbonyl (C=O) groups excluding carboxylic acids is 5. The Kier molecular flexibility index (Phi) is 8.71. The smallest absolute Gasteiger partial charge is 0.353 e. The molecule has 3 rings (SSSR count). The van der Waals surface area contributed by atoms with Gasteiger partial charge in [0.15, 0.2) is 0 Å². The molecule has 202 valence electrons. The second kappa shape index (κ2) is 11.6. The van der Waals surface area contributed by atoms with E-state index in [4.69, 9.17) is 11.6 Å². The van der Waals surface area contributed by atoms with Crippen LogP contribution in [-0.2, 0) is 20.6 Å². The third kappa shape index (κ3) is 6.85. The highest BCUT2D eigenvalue weighted by Gasteiger charge is 2.36. The van der Waals surface area contributed by atoms with Gasteiger partial charge < -0.3 is 21.3 Å². The summed E-state index contributed by atoms with van der Waals surface area (Å²) in [6, 6.07) is 3.44. The number of aromatic nitrogens is 1. The fourth-order valence-corrected chi connectivity index (χ4v) is 4.09. The second-order valence-corrected chi connectivity index (χ2v) is 9.06. The number of amides is 4. The SMILES string of the molecule is CNC(=O)C(=O)[C@H](C[C@@H]1C[C@@H](C)NC1=O)NC(=O)c1cc(Cl)ccc1NC(=O)c1cc(C(F)(F)F)ccn1. The van der Waals surface area contributed by atoms with Crippen molar-refractivity contribution in [1.29, 1.82) is 0 Å². The summed E-state index contributed by atoms with van der Waals surface area (Å²) in [6.45, 7) is 1.77. The first-order valence-electron chi connectivity index (χ1n) is 11.3. The van der Waals surface area contributed by atoms with Crippen LogP contribution in [0.1, 0.15) is 46.2 Å². The number of benzene rings is 1. The molecule has 2 heterocycles. The maximum Gasteiger partial charge on any atom is 0.416 e. The number of carbonyl (C=O) groups is 5. The van der Waals surface area contributed by atoms with Crippen molar-refractivity contribution in [1.82, 2.24) is 20.9 Å². The average molecular weight is 554 g/mol. The molecule has 2 aromatic rings. The van der Waals surface area contributed by atoms with Crippen LogP contribution in [0.5, 0.6) is 0 Å². The molecule has 1 aromatic carbocycles. The molecule has 1 aliphatic rings. The van der Waals surface area contributed by atoms with Gasteiger partial charge in [-0.1, -0.05) is 11.6 Å². The van der Waals surface area contributed by atoms with Gasteiger partial charge in [0.25, 0.3) is 17.7 Å². The monoisotopic (exact) mass is 553 g/mol. The largest absolute Gasteiger partial charge is 0.416 e. The van der Waals surface area contributed by atoms with Gasteiger partial charge in [-0.15, -0.1) is 0 Å². The van der Waals surface area contributed by atoms with Crippen molar-refractivity contribution >= 4 is 46.7 Å². The predicted octanol–water partition coefficient (Wildman–Crippen LogP) is 2.33. The molecule has 0 unspecified atom stereocenters. The molecule has 4 N–H and O–H groups in total. The molecule has 0 saturated carbocycles. The number of rotatable bonds is 8. The second-order valence-electron chi connectivity index (χ2n) is 8.62. The standard InChI is InChI=1S/C24H23ClF3N5O5/c1-11-7-12(20(35)31-11)8-17(19(34)23(38)29-2)33-21(36)15-10-14(25)3-4-16(15)32-22(37)18-9-13(5-6-30-18)24(26,27)28/h3-6,9-12,17H,7-8H2,1-2H3,(H,29,38)(H,31,35)(H,32,37)(H,33,36)/t11-,12+,17+/m1/s1. The summed E-state index contributed by atoms with van der Waals surface area (Å²) >= 11 is 6.02. The van der Waals surface area contributed by atoms with Gasteiger partial charge in [0.2, 0.25) is 11.7 Å². The van der Waals surface area contributed by atoms with E-state index in [1.807, 2.05) is 0 Å². The molecule has 0 radical (unpaired) electrons. The van der Waals surface area contributed by atoms with Crippen LogP contribution in [-0.4, -0.2) is 53.5 Å². The lowest BCUT2D eigenvalue weighted by Crippen LogP contribution is -2.48. The molecule has 38 heavy (non-hydrogen) atoms. The van der Waals surface area contributed by atoms with E-state index < -0.39 is 52.9 Å². The van der Waals surface area contributed by atoms with E-state index in [2.05, 4.69) is 26.3 Å². The molecular formula is C24H23ClF3N5O5. The summed E-state index contributed by atoms with van der Waals surface area (Å²) in [5.41, 5.74) is -2.03. The van der Waals surface area contributed by atoms with E-state index in [0.29, 0.717) is 18.6 Å². The predicted molar refractivity (Wildman–Crippen MR) is 129 cm³/mol. The summed E-state index contributed by atoms with van der Waals surface area (Å²) < 4.78 is 39.1. The zero-order chi connectivity index (χ0) is 28.2. The molecule has 1 aromatic heterocycles. The van der Waals surface area contributed by atoms with Crippen molar-refractivity contribution in [3.63, 3.8) is 0 Å². The molecule has 1 saturated heterocycles. The van der Waals surface area contributed by atoms with Gasteiger partial charge in [0, 0.05) is 30.2 Å². The van der Waals surface area contributed by atoms with E-state index in [-0.39, 0.29) is 34.6 Å². The van der Waals surface area contributed by atoms with E-state index in [9.17, 15) is 37.1 Å². The van der Waals surface area contributed by atoms with Crippen molar-refractivity contribution in [2.24, 2.45) is 5.92 Å². The molecule has 0 aliphatic carbocycles. The lowest BCUT2D eigenvalue weighted by atomic mass is 9.93. The molecule has 0 spiro atoms. The highest BCUT2D eigenvalue weighted by Crippen LogP contribution is 2.29. The van der Waals surface area contributed by atoms with Gasteiger partial charge >= 0.3 is 6.18 Å². The number of anilines is 1. The highest BCUT2D eigenvalue weighted by molar-refractivity contribution is 6.38. The zero-order valence-electron chi connectivity index (χ0n) is 20.1. The molecule has 4 amide bonds. The molecule has 10 nitrogen and oxygen atoms in total. The number of Topliss-reactive ketones (excluding diaryl/α,β-unsaturated/α-hetero) is 1. The normalized spacial score (nSPS) is 17.8. The summed E-state index contributed by atoms with van der Waals surface area (Å²) in [5, 5.41) is 9.69. The van der Waals surface area contributed by atoms with Gasteiger partial charge in [-0.3, -0.25) is 29.0 Å². The number of nitrogens with zero attached hydrogens (tertiary/aromatic N) is 1. The van der Waals surface area contributed by atoms with Crippen molar-refractivity contribution in [3.8, 4) is 0 Å². The highest BCUT2D eigenvalue weighted by atomic mass is 35.5. The van der Waals surface area contributed by atoms with Crippen LogP contribution in [0.15, 0.2) is 36.5 Å². The Morgan fingerprint density at radius 1 is 1.16 bits per heavy atom. The van der Waals surface area contributed by atoms with E-state index in [1.54, 1.807) is 6.92 Å². The Bertz CT molecular complexity index is 1290. The number of ketones is 1. The lowest BCUT2D eigenvalue weighted by Gasteiger charge is -2.20. The first-order valence-corrected chi connectivity index (χ1v) is 11.7. The molecule has 0 bridgehead atoms. The molecule has 1 fully saturated rings. The van der Waals surface area contributed by atoms with E-state index in [0.717, 1.165) is 12.3 Å². The maximum absolute atomic E-state index is 13.2. The summed E-state index contributed by atoms with van der Waals surface area (Å²) in [6.07, 6.45) is -3.66. The number of pyridine rings is 1. The number of halogens is 4. The van der Waals surface area contributed by atoms with Crippen molar-refractivity contribution < 1.29 is 37.1 Å². The Morgan fingerprint density at radius 2 is 1.87 bits per heavy atom. The minimum absolute atomic E-state index is 0.0727. The van der Waals surface area contributed by atoms with Crippen LogP contribution in [0, 0.1) is 5.92 Å². The average Bonchev–Trinajstić information content (AvgIpc) is 3.19. The summed E-state index contributed by atoms with van der Waals surface area (Å²) in [7, 11) is 1.23. The van der Waals surface area contributed by atoms with Gasteiger partial charge in [-0.25, -0.2) is 0 Å². The van der Waals surface area contributed by atoms with Crippen LogP contribution in [0.3, 0.4) is 0 Å². The summed E-state index contributed by atoms with van der Waals surface area (Å²) in [4.78, 5) is 66.4. The minimum atomic E-state index is -4.70. The third-order valence-corrected chi connectivity index (χ3v) is 6.02. The first kappa shape index (κ1) is 28.6. The van der Waals surface area contributed by atoms with Crippen molar-refractivity contribution in [2.45, 2.75) is 38.0 Å². The van der Waals surface area contributed by atoms with Gasteiger partial charge in [-0.05, 0) is 50.1 Å². The Labute approximate surface area is 219 Å². The van der Waals surface area contributed by atoms with Crippen LogP contribution < -0.4 is 21.3 Å². The lowest BCUT2D eigenvalue weighted by molar-refractivity contribution is -0.139. The topological polar surface area (TPSA) is 146 Å². The van der Waals surface area contributed by atoms with E-state index in [1.165, 1.54) is 19.2 Å².